The van der Waals surface area contributed by atoms with Crippen molar-refractivity contribution < 1.29 is 18.6 Å². The fourth-order valence-corrected chi connectivity index (χ4v) is 4.01. The molecule has 0 spiro atoms. The molecule has 5 rings (SSSR count). The molecule has 0 bridgehead atoms. The lowest BCUT2D eigenvalue weighted by atomic mass is 10.0. The summed E-state index contributed by atoms with van der Waals surface area (Å²) >= 11 is 0. The average molecular weight is 447 g/mol. The summed E-state index contributed by atoms with van der Waals surface area (Å²) in [5.41, 5.74) is 2.84. The van der Waals surface area contributed by atoms with E-state index in [1.165, 1.54) is 6.39 Å². The smallest absolute Gasteiger partial charge is 0.190 e. The van der Waals surface area contributed by atoms with Crippen molar-refractivity contribution in [3.05, 3.63) is 65.3 Å². The third kappa shape index (κ3) is 4.62. The Hall–Kier alpha value is -3.62. The number of H-pyrrole nitrogens is 1. The number of hydrogen-bond donors (Lipinski definition) is 1. The summed E-state index contributed by atoms with van der Waals surface area (Å²) in [4.78, 5) is 22.6. The lowest BCUT2D eigenvalue weighted by Crippen LogP contribution is -2.38. The van der Waals surface area contributed by atoms with Crippen LogP contribution in [-0.4, -0.2) is 61.4 Å². The lowest BCUT2D eigenvalue weighted by molar-refractivity contribution is 0.0322. The fraction of sp³-hybridized carbons (Fsp3) is 0.280. The monoisotopic (exact) mass is 447 g/mol. The highest BCUT2D eigenvalue weighted by molar-refractivity contribution is 5.88. The second-order valence-electron chi connectivity index (χ2n) is 7.84. The van der Waals surface area contributed by atoms with Crippen LogP contribution in [0.2, 0.25) is 0 Å². The molecule has 0 aliphatic carbocycles. The molecular formula is C25H25N3O5. The number of nitrogens with one attached hydrogen (secondary N) is 1. The van der Waals surface area contributed by atoms with Crippen molar-refractivity contribution in [1.82, 2.24) is 14.9 Å². The van der Waals surface area contributed by atoms with E-state index < -0.39 is 0 Å². The van der Waals surface area contributed by atoms with Crippen LogP contribution in [-0.2, 0) is 4.74 Å². The molecule has 4 aromatic rings. The molecule has 0 unspecified atom stereocenters. The first-order valence-electron chi connectivity index (χ1n) is 10.9. The van der Waals surface area contributed by atoms with Gasteiger partial charge in [-0.3, -0.25) is 9.69 Å². The molecule has 1 fully saturated rings. The first-order valence-corrected chi connectivity index (χ1v) is 10.9. The Balaban J connectivity index is 1.41. The van der Waals surface area contributed by atoms with E-state index in [0.29, 0.717) is 40.3 Å². The number of benzene rings is 2. The van der Waals surface area contributed by atoms with E-state index in [4.69, 9.17) is 18.6 Å². The summed E-state index contributed by atoms with van der Waals surface area (Å²) in [6.45, 7) is 4.87. The Bertz CT molecular complexity index is 1290. The quantitative estimate of drug-likeness (QED) is 0.463. The van der Waals surface area contributed by atoms with Crippen LogP contribution >= 0.6 is 0 Å². The van der Waals surface area contributed by atoms with E-state index in [0.717, 1.165) is 44.2 Å². The zero-order valence-corrected chi connectivity index (χ0v) is 18.4. The topological polar surface area (TPSA) is 89.8 Å². The Labute approximate surface area is 190 Å². The zero-order chi connectivity index (χ0) is 22.6. The molecule has 8 heteroatoms. The Kier molecular flexibility index (Phi) is 6.10. The molecule has 0 radical (unpaired) electrons. The zero-order valence-electron chi connectivity index (χ0n) is 18.4. The van der Waals surface area contributed by atoms with Gasteiger partial charge in [-0.1, -0.05) is 12.1 Å². The van der Waals surface area contributed by atoms with Crippen LogP contribution in [0.4, 0.5) is 0 Å². The average Bonchev–Trinajstić information content (AvgIpc) is 3.39. The summed E-state index contributed by atoms with van der Waals surface area (Å²) < 4.78 is 22.3. The summed E-state index contributed by atoms with van der Waals surface area (Å²) in [6, 6.07) is 12.9. The second kappa shape index (κ2) is 9.48. The number of methoxy groups -OCH3 is 1. The number of nitrogens with zero attached hydrogens (tertiary/aromatic N) is 2. The molecule has 1 N–H and O–H groups in total. The van der Waals surface area contributed by atoms with E-state index >= 15 is 0 Å². The van der Waals surface area contributed by atoms with Crippen LogP contribution in [0.15, 0.2) is 64.3 Å². The van der Waals surface area contributed by atoms with Gasteiger partial charge in [-0.05, 0) is 18.2 Å². The van der Waals surface area contributed by atoms with Gasteiger partial charge in [0.15, 0.2) is 17.6 Å². The van der Waals surface area contributed by atoms with E-state index in [9.17, 15) is 4.79 Å². The highest BCUT2D eigenvalue weighted by atomic mass is 16.5. The SMILES string of the molecule is COc1cc2[nH]c(-c3cccc(OCCN4CCOCC4)c3)cc(=O)c2cc1-c1cnco1. The number of ether oxygens (including phenoxy) is 3. The third-order valence-corrected chi connectivity index (χ3v) is 5.77. The Morgan fingerprint density at radius 1 is 1.15 bits per heavy atom. The standard InChI is InChI=1S/C25H25N3O5/c1-30-24-14-22-19(12-20(24)25-15-26-16-33-25)23(29)13-21(27-22)17-3-2-4-18(11-17)32-10-7-28-5-8-31-9-6-28/h2-4,11-16H,5-10H2,1H3,(H,27,29). The molecule has 2 aromatic heterocycles. The molecule has 1 saturated heterocycles. The number of hydrogen-bond acceptors (Lipinski definition) is 7. The predicted molar refractivity (Wildman–Crippen MR) is 125 cm³/mol. The van der Waals surface area contributed by atoms with Gasteiger partial charge in [-0.2, -0.15) is 0 Å². The maximum Gasteiger partial charge on any atom is 0.190 e. The third-order valence-electron chi connectivity index (χ3n) is 5.77. The number of rotatable bonds is 7. The van der Waals surface area contributed by atoms with Crippen LogP contribution in [0.25, 0.3) is 33.5 Å². The molecule has 3 heterocycles. The van der Waals surface area contributed by atoms with Crippen LogP contribution < -0.4 is 14.9 Å². The Morgan fingerprint density at radius 2 is 2.03 bits per heavy atom. The maximum atomic E-state index is 13.0. The largest absolute Gasteiger partial charge is 0.496 e. The molecule has 2 aromatic carbocycles. The van der Waals surface area contributed by atoms with Crippen LogP contribution in [0, 0.1) is 0 Å². The van der Waals surface area contributed by atoms with Crippen molar-refractivity contribution in [3.63, 3.8) is 0 Å². The van der Waals surface area contributed by atoms with E-state index in [1.54, 1.807) is 31.5 Å². The maximum absolute atomic E-state index is 13.0. The van der Waals surface area contributed by atoms with Gasteiger partial charge in [0.25, 0.3) is 0 Å². The highest BCUT2D eigenvalue weighted by Gasteiger charge is 2.14. The van der Waals surface area contributed by atoms with E-state index in [-0.39, 0.29) is 5.43 Å². The van der Waals surface area contributed by atoms with Gasteiger partial charge < -0.3 is 23.6 Å². The molecule has 0 atom stereocenters. The molecule has 1 aliphatic rings. The molecule has 170 valence electrons. The van der Waals surface area contributed by atoms with Crippen molar-refractivity contribution in [2.45, 2.75) is 0 Å². The molecule has 0 saturated carbocycles. The second-order valence-corrected chi connectivity index (χ2v) is 7.84. The van der Waals surface area contributed by atoms with Gasteiger partial charge >= 0.3 is 0 Å². The van der Waals surface area contributed by atoms with Crippen molar-refractivity contribution in [2.24, 2.45) is 0 Å². The normalized spacial score (nSPS) is 14.5. The van der Waals surface area contributed by atoms with Gasteiger partial charge in [0.1, 0.15) is 18.1 Å². The minimum atomic E-state index is -0.0965. The minimum Gasteiger partial charge on any atom is -0.496 e. The number of aromatic amines is 1. The molecular weight excluding hydrogens is 422 g/mol. The summed E-state index contributed by atoms with van der Waals surface area (Å²) in [7, 11) is 1.58. The van der Waals surface area contributed by atoms with E-state index in [1.807, 2.05) is 24.3 Å². The molecule has 0 amide bonds. The molecule has 8 nitrogen and oxygen atoms in total. The summed E-state index contributed by atoms with van der Waals surface area (Å²) in [5.74, 6) is 1.89. The summed E-state index contributed by atoms with van der Waals surface area (Å²) in [5, 5.41) is 0.545. The number of morpholine rings is 1. The van der Waals surface area contributed by atoms with Gasteiger partial charge in [-0.25, -0.2) is 4.98 Å². The predicted octanol–water partition coefficient (Wildman–Crippen LogP) is 3.57. The molecule has 1 aliphatic heterocycles. The van der Waals surface area contributed by atoms with Gasteiger partial charge in [0.05, 0.1) is 37.6 Å². The van der Waals surface area contributed by atoms with E-state index in [2.05, 4.69) is 14.9 Å². The van der Waals surface area contributed by atoms with Gasteiger partial charge in [0, 0.05) is 48.4 Å². The number of oxazole rings is 1. The first-order chi connectivity index (χ1) is 16.2. The van der Waals surface area contributed by atoms with Crippen LogP contribution in [0.3, 0.4) is 0 Å². The fourth-order valence-electron chi connectivity index (χ4n) is 4.01. The van der Waals surface area contributed by atoms with Crippen molar-refractivity contribution in [3.8, 4) is 34.1 Å². The first kappa shape index (κ1) is 21.2. The number of pyridine rings is 1. The minimum absolute atomic E-state index is 0.0965. The molecule has 33 heavy (non-hydrogen) atoms. The highest BCUT2D eigenvalue weighted by Crippen LogP contribution is 2.33. The van der Waals surface area contributed by atoms with Crippen molar-refractivity contribution in [1.29, 1.82) is 0 Å². The lowest BCUT2D eigenvalue weighted by Gasteiger charge is -2.26. The number of aromatic nitrogens is 2. The number of fused-ring (bicyclic) bond motifs is 1. The van der Waals surface area contributed by atoms with Crippen LogP contribution in [0.1, 0.15) is 0 Å². The van der Waals surface area contributed by atoms with Crippen molar-refractivity contribution >= 4 is 10.9 Å². The summed E-state index contributed by atoms with van der Waals surface area (Å²) in [6.07, 6.45) is 2.94. The van der Waals surface area contributed by atoms with Gasteiger partial charge in [-0.15, -0.1) is 0 Å². The Morgan fingerprint density at radius 3 is 2.82 bits per heavy atom. The van der Waals surface area contributed by atoms with Crippen molar-refractivity contribution in [2.75, 3.05) is 46.6 Å². The van der Waals surface area contributed by atoms with Gasteiger partial charge in [0.2, 0.25) is 0 Å². The van der Waals surface area contributed by atoms with Crippen LogP contribution in [0.5, 0.6) is 11.5 Å².